The van der Waals surface area contributed by atoms with Crippen molar-refractivity contribution >= 4 is 41.8 Å². The number of fused-ring (bicyclic) bond motifs is 2. The molecule has 0 radical (unpaired) electrons. The molecule has 7 nitrogen and oxygen atoms in total. The molecule has 9 heteroatoms. The van der Waals surface area contributed by atoms with Crippen molar-refractivity contribution in [1.29, 1.82) is 0 Å². The van der Waals surface area contributed by atoms with Gasteiger partial charge in [0.05, 0.1) is 7.11 Å². The van der Waals surface area contributed by atoms with Gasteiger partial charge in [-0.25, -0.2) is 0 Å². The molecule has 126 valence electrons. The standard InChI is InChI=1S/C15H12O7S2/c1-22-9-6-7-12-13(8-9)15(24(19,20)21)11-5-3-2-4-10(11)14(12)23(16,17)18/h2-8H,1H3,(H,16,17,18)(H,19,20,21). The van der Waals surface area contributed by atoms with Crippen LogP contribution in [-0.4, -0.2) is 33.1 Å². The summed E-state index contributed by atoms with van der Waals surface area (Å²) < 4.78 is 72.0. The molecule has 0 fully saturated rings. The fourth-order valence-corrected chi connectivity index (χ4v) is 4.58. The molecule has 2 N–H and O–H groups in total. The lowest BCUT2D eigenvalue weighted by Gasteiger charge is -2.14. The highest BCUT2D eigenvalue weighted by Gasteiger charge is 2.26. The van der Waals surface area contributed by atoms with Crippen molar-refractivity contribution in [3.8, 4) is 5.75 Å². The SMILES string of the molecule is COc1ccc2c(S(=O)(=O)O)c3ccccc3c(S(=O)(=O)O)c2c1. The van der Waals surface area contributed by atoms with Gasteiger partial charge in [-0.15, -0.1) is 0 Å². The lowest BCUT2D eigenvalue weighted by molar-refractivity contribution is 0.415. The third-order valence-electron chi connectivity index (χ3n) is 3.65. The molecule has 24 heavy (non-hydrogen) atoms. The molecule has 0 spiro atoms. The highest BCUT2D eigenvalue weighted by Crippen LogP contribution is 2.39. The van der Waals surface area contributed by atoms with Gasteiger partial charge >= 0.3 is 0 Å². The number of methoxy groups -OCH3 is 1. The molecule has 0 amide bonds. The van der Waals surface area contributed by atoms with Crippen LogP contribution in [0, 0.1) is 0 Å². The number of rotatable bonds is 3. The summed E-state index contributed by atoms with van der Waals surface area (Å²) in [5.41, 5.74) is 0. The number of ether oxygens (including phenoxy) is 1. The maximum Gasteiger partial charge on any atom is 0.295 e. The topological polar surface area (TPSA) is 118 Å². The Hall–Kier alpha value is -2.20. The summed E-state index contributed by atoms with van der Waals surface area (Å²) in [6.45, 7) is 0. The molecule has 0 heterocycles. The lowest BCUT2D eigenvalue weighted by Crippen LogP contribution is -2.06. The van der Waals surface area contributed by atoms with Crippen LogP contribution in [0.1, 0.15) is 0 Å². The van der Waals surface area contributed by atoms with E-state index in [0.717, 1.165) is 0 Å². The minimum absolute atomic E-state index is 0.00899. The Morgan fingerprint density at radius 3 is 1.67 bits per heavy atom. The maximum atomic E-state index is 11.9. The largest absolute Gasteiger partial charge is 0.497 e. The number of hydrogen-bond donors (Lipinski definition) is 2. The van der Waals surface area contributed by atoms with E-state index in [1.54, 1.807) is 0 Å². The van der Waals surface area contributed by atoms with E-state index in [9.17, 15) is 25.9 Å². The molecule has 3 rings (SSSR count). The van der Waals surface area contributed by atoms with Gasteiger partial charge < -0.3 is 4.74 Å². The van der Waals surface area contributed by atoms with Gasteiger partial charge in [-0.05, 0) is 18.2 Å². The van der Waals surface area contributed by atoms with Crippen molar-refractivity contribution < 1.29 is 30.7 Å². The number of hydrogen-bond acceptors (Lipinski definition) is 5. The molecule has 0 atom stereocenters. The predicted octanol–water partition coefficient (Wildman–Crippen LogP) is 2.50. The Morgan fingerprint density at radius 1 is 0.750 bits per heavy atom. The molecule has 0 saturated carbocycles. The zero-order valence-corrected chi connectivity index (χ0v) is 13.9. The molecule has 3 aromatic rings. The Kier molecular flexibility index (Phi) is 3.76. The molecule has 0 aromatic heterocycles. The van der Waals surface area contributed by atoms with Gasteiger partial charge in [0.2, 0.25) is 0 Å². The summed E-state index contributed by atoms with van der Waals surface area (Å²) in [5.74, 6) is 0.268. The second-order valence-electron chi connectivity index (χ2n) is 5.07. The highest BCUT2D eigenvalue weighted by atomic mass is 32.2. The van der Waals surface area contributed by atoms with Crippen molar-refractivity contribution in [2.45, 2.75) is 9.79 Å². The van der Waals surface area contributed by atoms with Crippen molar-refractivity contribution in [3.05, 3.63) is 42.5 Å². The van der Waals surface area contributed by atoms with Crippen molar-refractivity contribution in [2.24, 2.45) is 0 Å². The highest BCUT2D eigenvalue weighted by molar-refractivity contribution is 7.87. The molecular weight excluding hydrogens is 356 g/mol. The molecule has 0 aliphatic rings. The maximum absolute atomic E-state index is 11.9. The first kappa shape index (κ1) is 16.7. The van der Waals surface area contributed by atoms with E-state index in [1.807, 2.05) is 0 Å². The Bertz CT molecular complexity index is 1180. The van der Waals surface area contributed by atoms with Gasteiger partial charge in [0.25, 0.3) is 20.2 Å². The van der Waals surface area contributed by atoms with Crippen molar-refractivity contribution in [3.63, 3.8) is 0 Å². The van der Waals surface area contributed by atoms with Crippen LogP contribution >= 0.6 is 0 Å². The van der Waals surface area contributed by atoms with Gasteiger partial charge in [0, 0.05) is 21.5 Å². The molecule has 0 aliphatic carbocycles. The third kappa shape index (κ3) is 2.61. The lowest BCUT2D eigenvalue weighted by atomic mass is 10.0. The van der Waals surface area contributed by atoms with E-state index in [2.05, 4.69) is 0 Å². The zero-order valence-electron chi connectivity index (χ0n) is 12.3. The van der Waals surface area contributed by atoms with Crippen molar-refractivity contribution in [1.82, 2.24) is 0 Å². The summed E-state index contributed by atoms with van der Waals surface area (Å²) in [6.07, 6.45) is 0. The van der Waals surface area contributed by atoms with Crippen LogP contribution in [0.15, 0.2) is 52.3 Å². The van der Waals surface area contributed by atoms with E-state index in [4.69, 9.17) is 4.74 Å². The Labute approximate surface area is 138 Å². The first-order valence-corrected chi connectivity index (χ1v) is 9.50. The first-order valence-electron chi connectivity index (χ1n) is 6.62. The van der Waals surface area contributed by atoms with E-state index in [1.165, 1.54) is 49.6 Å². The fourth-order valence-electron chi connectivity index (χ4n) is 2.76. The van der Waals surface area contributed by atoms with Gasteiger partial charge in [0.1, 0.15) is 15.5 Å². The van der Waals surface area contributed by atoms with E-state index < -0.39 is 30.0 Å². The summed E-state index contributed by atoms with van der Waals surface area (Å²) in [6, 6.07) is 9.75. The van der Waals surface area contributed by atoms with Gasteiger partial charge in [-0.1, -0.05) is 24.3 Å². The van der Waals surface area contributed by atoms with Crippen LogP contribution in [-0.2, 0) is 20.2 Å². The van der Waals surface area contributed by atoms with Crippen LogP contribution in [0.5, 0.6) is 5.75 Å². The molecule has 0 aliphatic heterocycles. The molecular formula is C15H12O7S2. The fraction of sp³-hybridized carbons (Fsp3) is 0.0667. The normalized spacial score (nSPS) is 12.6. The second kappa shape index (κ2) is 5.42. The molecule has 0 bridgehead atoms. The minimum Gasteiger partial charge on any atom is -0.497 e. The van der Waals surface area contributed by atoms with Crippen LogP contribution in [0.25, 0.3) is 21.5 Å². The predicted molar refractivity (Wildman–Crippen MR) is 87.6 cm³/mol. The minimum atomic E-state index is -4.68. The van der Waals surface area contributed by atoms with E-state index in [0.29, 0.717) is 0 Å². The van der Waals surface area contributed by atoms with Crippen LogP contribution < -0.4 is 4.74 Å². The van der Waals surface area contributed by atoms with E-state index in [-0.39, 0.29) is 27.3 Å². The number of benzene rings is 3. The van der Waals surface area contributed by atoms with Gasteiger partial charge in [-0.2, -0.15) is 16.8 Å². The monoisotopic (exact) mass is 368 g/mol. The van der Waals surface area contributed by atoms with Gasteiger partial charge in [0.15, 0.2) is 0 Å². The van der Waals surface area contributed by atoms with Crippen LogP contribution in [0.4, 0.5) is 0 Å². The second-order valence-corrected chi connectivity index (χ2v) is 7.78. The quantitative estimate of drug-likeness (QED) is 0.538. The third-order valence-corrected chi connectivity index (χ3v) is 5.56. The summed E-state index contributed by atoms with van der Waals surface area (Å²) in [7, 11) is -7.97. The molecule has 3 aromatic carbocycles. The average molecular weight is 368 g/mol. The Balaban J connectivity index is 2.76. The summed E-state index contributed by atoms with van der Waals surface area (Å²) >= 11 is 0. The Morgan fingerprint density at radius 2 is 1.21 bits per heavy atom. The van der Waals surface area contributed by atoms with Gasteiger partial charge in [-0.3, -0.25) is 9.11 Å². The van der Waals surface area contributed by atoms with Crippen molar-refractivity contribution in [2.75, 3.05) is 7.11 Å². The zero-order chi connectivity index (χ0) is 17.7. The van der Waals surface area contributed by atoms with Crippen LogP contribution in [0.3, 0.4) is 0 Å². The summed E-state index contributed by atoms with van der Waals surface area (Å²) in [4.78, 5) is -0.873. The molecule has 0 unspecified atom stereocenters. The van der Waals surface area contributed by atoms with Crippen LogP contribution in [0.2, 0.25) is 0 Å². The molecule has 0 saturated heterocycles. The first-order chi connectivity index (χ1) is 11.1. The van der Waals surface area contributed by atoms with E-state index >= 15 is 0 Å². The summed E-state index contributed by atoms with van der Waals surface area (Å²) in [5, 5.41) is -0.133. The smallest absolute Gasteiger partial charge is 0.295 e. The average Bonchev–Trinajstić information content (AvgIpc) is 2.49.